The largest absolute Gasteiger partial charge is 0.322 e. The fourth-order valence-electron chi connectivity index (χ4n) is 3.17. The quantitative estimate of drug-likeness (QED) is 0.928. The molecule has 0 aromatic carbocycles. The summed E-state index contributed by atoms with van der Waals surface area (Å²) in [7, 11) is 0. The van der Waals surface area contributed by atoms with Gasteiger partial charge >= 0.3 is 0 Å². The molecule has 1 aliphatic carbocycles. The molecule has 2 N–H and O–H groups in total. The Bertz CT molecular complexity index is 397. The molecule has 0 aliphatic heterocycles. The number of halogens is 1. The second-order valence-electron chi connectivity index (χ2n) is 5.71. The SMILES string of the molecule is CCn1ncc(Br)c1C(N)C1CCCC1(C)C. The van der Waals surface area contributed by atoms with E-state index in [0.717, 1.165) is 16.7 Å². The number of aromatic nitrogens is 2. The van der Waals surface area contributed by atoms with E-state index in [1.165, 1.54) is 19.3 Å². The van der Waals surface area contributed by atoms with Crippen LogP contribution >= 0.6 is 15.9 Å². The average molecular weight is 300 g/mol. The van der Waals surface area contributed by atoms with Gasteiger partial charge in [-0.25, -0.2) is 0 Å². The highest BCUT2D eigenvalue weighted by Crippen LogP contribution is 2.48. The third kappa shape index (κ3) is 2.29. The Hall–Kier alpha value is -0.350. The molecule has 1 aromatic heterocycles. The van der Waals surface area contributed by atoms with E-state index < -0.39 is 0 Å². The van der Waals surface area contributed by atoms with E-state index in [1.54, 1.807) is 0 Å². The van der Waals surface area contributed by atoms with Gasteiger partial charge in [0.15, 0.2) is 0 Å². The summed E-state index contributed by atoms with van der Waals surface area (Å²) in [5, 5.41) is 4.36. The van der Waals surface area contributed by atoms with Gasteiger partial charge in [-0.05, 0) is 47.0 Å². The fraction of sp³-hybridized carbons (Fsp3) is 0.769. The molecule has 0 spiro atoms. The standard InChI is InChI=1S/C13H22BrN3/c1-4-17-12(10(14)8-16-17)11(15)9-6-5-7-13(9,2)3/h8-9,11H,4-7,15H2,1-3H3. The molecule has 2 atom stereocenters. The van der Waals surface area contributed by atoms with Crippen molar-refractivity contribution in [2.75, 3.05) is 0 Å². The monoisotopic (exact) mass is 299 g/mol. The van der Waals surface area contributed by atoms with Gasteiger partial charge in [-0.3, -0.25) is 4.68 Å². The summed E-state index contributed by atoms with van der Waals surface area (Å²) in [6, 6.07) is 0.0873. The zero-order chi connectivity index (χ0) is 12.6. The molecular weight excluding hydrogens is 278 g/mol. The predicted molar refractivity (Wildman–Crippen MR) is 73.7 cm³/mol. The Morgan fingerprint density at radius 2 is 2.35 bits per heavy atom. The molecule has 1 aromatic rings. The molecule has 3 nitrogen and oxygen atoms in total. The summed E-state index contributed by atoms with van der Waals surface area (Å²) in [6.07, 6.45) is 5.67. The summed E-state index contributed by atoms with van der Waals surface area (Å²) < 4.78 is 3.07. The fourth-order valence-corrected chi connectivity index (χ4v) is 3.73. The maximum Gasteiger partial charge on any atom is 0.0696 e. The summed E-state index contributed by atoms with van der Waals surface area (Å²) in [5.41, 5.74) is 8.02. The van der Waals surface area contributed by atoms with Crippen LogP contribution in [0, 0.1) is 11.3 Å². The molecule has 1 aliphatic rings. The van der Waals surface area contributed by atoms with Crippen LogP contribution in [-0.4, -0.2) is 9.78 Å². The van der Waals surface area contributed by atoms with Gasteiger partial charge in [0.2, 0.25) is 0 Å². The summed E-state index contributed by atoms with van der Waals surface area (Å²) in [4.78, 5) is 0. The number of hydrogen-bond acceptors (Lipinski definition) is 2. The highest BCUT2D eigenvalue weighted by atomic mass is 79.9. The van der Waals surface area contributed by atoms with Gasteiger partial charge in [0.25, 0.3) is 0 Å². The molecule has 1 saturated carbocycles. The second kappa shape index (κ2) is 4.73. The number of nitrogens with zero attached hydrogens (tertiary/aromatic N) is 2. The minimum Gasteiger partial charge on any atom is -0.322 e. The van der Waals surface area contributed by atoms with Crippen LogP contribution < -0.4 is 5.73 Å². The van der Waals surface area contributed by atoms with Gasteiger partial charge in [0.05, 0.1) is 22.4 Å². The van der Waals surface area contributed by atoms with Crippen molar-refractivity contribution in [3.8, 4) is 0 Å². The van der Waals surface area contributed by atoms with Crippen LogP contribution in [0.15, 0.2) is 10.7 Å². The highest BCUT2D eigenvalue weighted by molar-refractivity contribution is 9.10. The van der Waals surface area contributed by atoms with E-state index in [1.807, 2.05) is 10.9 Å². The van der Waals surface area contributed by atoms with E-state index in [0.29, 0.717) is 11.3 Å². The van der Waals surface area contributed by atoms with Crippen LogP contribution in [0.25, 0.3) is 0 Å². The molecule has 2 rings (SSSR count). The van der Waals surface area contributed by atoms with E-state index in [4.69, 9.17) is 5.73 Å². The number of aryl methyl sites for hydroxylation is 1. The average Bonchev–Trinajstić information content (AvgIpc) is 2.80. The number of hydrogen-bond donors (Lipinski definition) is 1. The van der Waals surface area contributed by atoms with Gasteiger partial charge in [-0.15, -0.1) is 0 Å². The Balaban J connectivity index is 2.30. The van der Waals surface area contributed by atoms with E-state index in [-0.39, 0.29) is 6.04 Å². The lowest BCUT2D eigenvalue weighted by molar-refractivity contribution is 0.216. The second-order valence-corrected chi connectivity index (χ2v) is 6.56. The van der Waals surface area contributed by atoms with Crippen molar-refractivity contribution in [1.29, 1.82) is 0 Å². The zero-order valence-electron chi connectivity index (χ0n) is 10.9. The van der Waals surface area contributed by atoms with Gasteiger partial charge in [-0.2, -0.15) is 5.10 Å². The smallest absolute Gasteiger partial charge is 0.0696 e. The topological polar surface area (TPSA) is 43.8 Å². The lowest BCUT2D eigenvalue weighted by Gasteiger charge is -2.32. The molecule has 96 valence electrons. The van der Waals surface area contributed by atoms with Gasteiger partial charge < -0.3 is 5.73 Å². The van der Waals surface area contributed by atoms with Gasteiger partial charge in [0.1, 0.15) is 0 Å². The molecule has 0 bridgehead atoms. The molecule has 0 radical (unpaired) electrons. The van der Waals surface area contributed by atoms with Gasteiger partial charge in [0, 0.05) is 6.54 Å². The molecule has 1 heterocycles. The van der Waals surface area contributed by atoms with Crippen LogP contribution in [0.1, 0.15) is 51.8 Å². The molecule has 17 heavy (non-hydrogen) atoms. The minimum absolute atomic E-state index is 0.0873. The first kappa shape index (κ1) is 13.1. The predicted octanol–water partition coefficient (Wildman–Crippen LogP) is 3.49. The Morgan fingerprint density at radius 1 is 1.65 bits per heavy atom. The van der Waals surface area contributed by atoms with E-state index in [9.17, 15) is 0 Å². The van der Waals surface area contributed by atoms with Crippen LogP contribution in [0.4, 0.5) is 0 Å². The third-order valence-corrected chi connectivity index (χ3v) is 4.83. The zero-order valence-corrected chi connectivity index (χ0v) is 12.5. The summed E-state index contributed by atoms with van der Waals surface area (Å²) in [6.45, 7) is 7.66. The van der Waals surface area contributed by atoms with Crippen molar-refractivity contribution in [2.45, 2.75) is 52.6 Å². The van der Waals surface area contributed by atoms with Crippen molar-refractivity contribution in [1.82, 2.24) is 9.78 Å². The lowest BCUT2D eigenvalue weighted by atomic mass is 9.77. The third-order valence-electron chi connectivity index (χ3n) is 4.22. The van der Waals surface area contributed by atoms with Crippen LogP contribution in [0.2, 0.25) is 0 Å². The van der Waals surface area contributed by atoms with Crippen LogP contribution in [0.5, 0.6) is 0 Å². The first-order chi connectivity index (χ1) is 7.97. The van der Waals surface area contributed by atoms with Crippen molar-refractivity contribution >= 4 is 15.9 Å². The van der Waals surface area contributed by atoms with Crippen LogP contribution in [0.3, 0.4) is 0 Å². The van der Waals surface area contributed by atoms with Crippen molar-refractivity contribution < 1.29 is 0 Å². The summed E-state index contributed by atoms with van der Waals surface area (Å²) >= 11 is 3.58. The maximum absolute atomic E-state index is 6.51. The molecular formula is C13H22BrN3. The van der Waals surface area contributed by atoms with E-state index >= 15 is 0 Å². The minimum atomic E-state index is 0.0873. The maximum atomic E-state index is 6.51. The van der Waals surface area contributed by atoms with Crippen molar-refractivity contribution in [3.05, 3.63) is 16.4 Å². The molecule has 4 heteroatoms. The molecule has 1 fully saturated rings. The Labute approximate surface area is 112 Å². The molecule has 2 unspecified atom stereocenters. The van der Waals surface area contributed by atoms with Crippen molar-refractivity contribution in [3.63, 3.8) is 0 Å². The summed E-state index contributed by atoms with van der Waals surface area (Å²) in [5.74, 6) is 0.556. The number of nitrogens with two attached hydrogens (primary N) is 1. The first-order valence-electron chi connectivity index (χ1n) is 6.44. The van der Waals surface area contributed by atoms with Crippen molar-refractivity contribution in [2.24, 2.45) is 17.1 Å². The molecule has 0 saturated heterocycles. The lowest BCUT2D eigenvalue weighted by Crippen LogP contribution is -2.31. The first-order valence-corrected chi connectivity index (χ1v) is 7.23. The number of rotatable bonds is 3. The Kier molecular flexibility index (Phi) is 3.64. The molecule has 0 amide bonds. The highest BCUT2D eigenvalue weighted by Gasteiger charge is 2.40. The normalized spacial score (nSPS) is 25.1. The van der Waals surface area contributed by atoms with Crippen LogP contribution in [-0.2, 0) is 6.54 Å². The van der Waals surface area contributed by atoms with E-state index in [2.05, 4.69) is 41.8 Å². The Morgan fingerprint density at radius 3 is 2.88 bits per heavy atom. The van der Waals surface area contributed by atoms with Gasteiger partial charge in [-0.1, -0.05) is 20.3 Å².